The first kappa shape index (κ1) is 16.9. The molecule has 6 nitrogen and oxygen atoms in total. The number of benzene rings is 1. The summed E-state index contributed by atoms with van der Waals surface area (Å²) < 4.78 is 29.9. The number of anilines is 1. The average molecular weight is 362 g/mol. The largest absolute Gasteiger partial charge is 0.434 e. The van der Waals surface area contributed by atoms with E-state index in [9.17, 15) is 13.6 Å². The number of aryl methyl sites for hydroxylation is 1. The molecule has 0 saturated heterocycles. The summed E-state index contributed by atoms with van der Waals surface area (Å²) in [4.78, 5) is 16.7. The maximum absolute atomic E-state index is 12.7. The molecule has 2 aromatic heterocycles. The Morgan fingerprint density at radius 3 is 2.80 bits per heavy atom. The van der Waals surface area contributed by atoms with Crippen LogP contribution < -0.4 is 10.1 Å². The van der Waals surface area contributed by atoms with Gasteiger partial charge in [-0.05, 0) is 19.1 Å². The second kappa shape index (κ2) is 7.31. The lowest BCUT2D eigenvalue weighted by Gasteiger charge is -2.14. The van der Waals surface area contributed by atoms with Crippen molar-refractivity contribution in [2.75, 3.05) is 5.32 Å². The second-order valence-electron chi connectivity index (χ2n) is 4.94. The highest BCUT2D eigenvalue weighted by Gasteiger charge is 2.19. The Balaban J connectivity index is 2.04. The second-order valence-corrected chi connectivity index (χ2v) is 5.78. The summed E-state index contributed by atoms with van der Waals surface area (Å²) in [5.74, 6) is -0.487. The quantitative estimate of drug-likeness (QED) is 0.748. The molecule has 0 radical (unpaired) electrons. The van der Waals surface area contributed by atoms with Gasteiger partial charge in [0.15, 0.2) is 0 Å². The number of hydrogen-bond acceptors (Lipinski definition) is 6. The molecule has 0 aliphatic heterocycles. The van der Waals surface area contributed by atoms with Gasteiger partial charge < -0.3 is 4.74 Å². The van der Waals surface area contributed by atoms with Crippen LogP contribution in [0.25, 0.3) is 11.1 Å². The lowest BCUT2D eigenvalue weighted by molar-refractivity contribution is -0.0494. The summed E-state index contributed by atoms with van der Waals surface area (Å²) in [5.41, 5.74) is 3.14. The molecule has 0 aliphatic carbocycles. The highest BCUT2D eigenvalue weighted by molar-refractivity contribution is 7.13. The number of hydrogen-bond donors (Lipinski definition) is 1. The van der Waals surface area contributed by atoms with Gasteiger partial charge in [-0.2, -0.15) is 8.78 Å². The zero-order valence-electron chi connectivity index (χ0n) is 12.9. The van der Waals surface area contributed by atoms with Crippen LogP contribution in [0.5, 0.6) is 5.75 Å². The minimum atomic E-state index is -2.97. The minimum Gasteiger partial charge on any atom is -0.434 e. The first-order valence-corrected chi connectivity index (χ1v) is 8.01. The SMILES string of the molecule is Cc1cc(-c2ccccc2OC(F)F)c(C(=O)Nc2nncs2)cn1. The number of ether oxygens (including phenoxy) is 1. The lowest BCUT2D eigenvalue weighted by Crippen LogP contribution is -2.14. The molecule has 0 fully saturated rings. The van der Waals surface area contributed by atoms with Crippen LogP contribution in [0.3, 0.4) is 0 Å². The molecule has 1 N–H and O–H groups in total. The average Bonchev–Trinajstić information content (AvgIpc) is 3.07. The third kappa shape index (κ3) is 3.94. The van der Waals surface area contributed by atoms with E-state index in [1.54, 1.807) is 31.2 Å². The van der Waals surface area contributed by atoms with Crippen LogP contribution in [0.15, 0.2) is 42.0 Å². The number of halogens is 2. The van der Waals surface area contributed by atoms with E-state index in [0.717, 1.165) is 11.3 Å². The third-order valence-corrected chi connectivity index (χ3v) is 3.87. The fraction of sp³-hybridized carbons (Fsp3) is 0.125. The Hall–Kier alpha value is -2.94. The molecule has 0 atom stereocenters. The molecule has 0 spiro atoms. The van der Waals surface area contributed by atoms with E-state index in [1.165, 1.54) is 17.8 Å². The van der Waals surface area contributed by atoms with E-state index >= 15 is 0 Å². The van der Waals surface area contributed by atoms with E-state index in [2.05, 4.69) is 25.2 Å². The molecule has 9 heteroatoms. The molecule has 25 heavy (non-hydrogen) atoms. The van der Waals surface area contributed by atoms with Crippen molar-refractivity contribution in [3.63, 3.8) is 0 Å². The normalized spacial score (nSPS) is 10.7. The van der Waals surface area contributed by atoms with E-state index < -0.39 is 12.5 Å². The van der Waals surface area contributed by atoms with E-state index in [-0.39, 0.29) is 11.3 Å². The fourth-order valence-corrected chi connectivity index (χ4v) is 2.68. The van der Waals surface area contributed by atoms with Crippen LogP contribution >= 0.6 is 11.3 Å². The van der Waals surface area contributed by atoms with E-state index in [1.807, 2.05) is 0 Å². The third-order valence-electron chi connectivity index (χ3n) is 3.26. The van der Waals surface area contributed by atoms with Crippen molar-refractivity contribution in [1.82, 2.24) is 15.2 Å². The summed E-state index contributed by atoms with van der Waals surface area (Å²) in [7, 11) is 0. The van der Waals surface area contributed by atoms with E-state index in [0.29, 0.717) is 22.0 Å². The van der Waals surface area contributed by atoms with Gasteiger partial charge in [-0.3, -0.25) is 15.1 Å². The zero-order chi connectivity index (χ0) is 17.8. The number of nitrogens with zero attached hydrogens (tertiary/aromatic N) is 3. The summed E-state index contributed by atoms with van der Waals surface area (Å²) >= 11 is 1.16. The standard InChI is InChI=1S/C16H12F2N4O2S/c1-9-6-11(10-4-2-3-5-13(10)24-15(17)18)12(7-19-9)14(23)21-16-22-20-8-25-16/h2-8,15H,1H3,(H,21,22,23). The first-order valence-electron chi connectivity index (χ1n) is 7.13. The van der Waals surface area contributed by atoms with Crippen molar-refractivity contribution < 1.29 is 18.3 Å². The predicted octanol–water partition coefficient (Wildman–Crippen LogP) is 3.76. The molecule has 0 bridgehead atoms. The minimum absolute atomic E-state index is 0.0203. The van der Waals surface area contributed by atoms with Gasteiger partial charge in [0, 0.05) is 23.0 Å². The molecular weight excluding hydrogens is 350 g/mol. The summed E-state index contributed by atoms with van der Waals surface area (Å²) in [5, 5.41) is 10.3. The Morgan fingerprint density at radius 1 is 1.28 bits per heavy atom. The van der Waals surface area contributed by atoms with Crippen molar-refractivity contribution in [3.8, 4) is 16.9 Å². The first-order chi connectivity index (χ1) is 12.0. The van der Waals surface area contributed by atoms with Crippen LogP contribution in [-0.4, -0.2) is 27.7 Å². The molecule has 0 aliphatic rings. The Bertz CT molecular complexity index is 888. The van der Waals surface area contributed by atoms with Gasteiger partial charge in [0.1, 0.15) is 11.3 Å². The maximum Gasteiger partial charge on any atom is 0.387 e. The van der Waals surface area contributed by atoms with Crippen molar-refractivity contribution >= 4 is 22.4 Å². The smallest absolute Gasteiger partial charge is 0.387 e. The molecule has 2 heterocycles. The topological polar surface area (TPSA) is 77.0 Å². The molecule has 128 valence electrons. The van der Waals surface area contributed by atoms with Gasteiger partial charge in [-0.25, -0.2) is 0 Å². The number of aromatic nitrogens is 3. The Kier molecular flexibility index (Phi) is 4.94. The van der Waals surface area contributed by atoms with Gasteiger partial charge >= 0.3 is 6.61 Å². The zero-order valence-corrected chi connectivity index (χ0v) is 13.8. The molecule has 1 aromatic carbocycles. The van der Waals surface area contributed by atoms with Gasteiger partial charge in [-0.1, -0.05) is 29.5 Å². The summed E-state index contributed by atoms with van der Waals surface area (Å²) in [6.45, 7) is -1.23. The number of rotatable bonds is 5. The summed E-state index contributed by atoms with van der Waals surface area (Å²) in [6, 6.07) is 7.92. The van der Waals surface area contributed by atoms with Crippen molar-refractivity contribution in [2.24, 2.45) is 0 Å². The number of amides is 1. The Morgan fingerprint density at radius 2 is 2.08 bits per heavy atom. The van der Waals surface area contributed by atoms with Crippen LogP contribution in [0.1, 0.15) is 16.1 Å². The molecular formula is C16H12F2N4O2S. The molecule has 0 saturated carbocycles. The predicted molar refractivity (Wildman–Crippen MR) is 88.9 cm³/mol. The highest BCUT2D eigenvalue weighted by atomic mass is 32.1. The lowest BCUT2D eigenvalue weighted by atomic mass is 9.99. The van der Waals surface area contributed by atoms with Crippen LogP contribution in [-0.2, 0) is 0 Å². The number of para-hydroxylation sites is 1. The summed E-state index contributed by atoms with van der Waals surface area (Å²) in [6.07, 6.45) is 1.39. The number of carbonyl (C=O) groups is 1. The molecule has 3 aromatic rings. The number of nitrogens with one attached hydrogen (secondary N) is 1. The van der Waals surface area contributed by atoms with Crippen LogP contribution in [0, 0.1) is 6.92 Å². The van der Waals surface area contributed by atoms with Crippen molar-refractivity contribution in [2.45, 2.75) is 13.5 Å². The van der Waals surface area contributed by atoms with Gasteiger partial charge in [0.05, 0.1) is 5.56 Å². The van der Waals surface area contributed by atoms with Crippen molar-refractivity contribution in [1.29, 1.82) is 0 Å². The van der Waals surface area contributed by atoms with Crippen LogP contribution in [0.2, 0.25) is 0 Å². The van der Waals surface area contributed by atoms with Gasteiger partial charge in [-0.15, -0.1) is 10.2 Å². The van der Waals surface area contributed by atoms with E-state index in [4.69, 9.17) is 0 Å². The number of alkyl halides is 2. The van der Waals surface area contributed by atoms with Gasteiger partial charge in [0.2, 0.25) is 5.13 Å². The highest BCUT2D eigenvalue weighted by Crippen LogP contribution is 2.33. The van der Waals surface area contributed by atoms with Crippen molar-refractivity contribution in [3.05, 3.63) is 53.3 Å². The molecule has 0 unspecified atom stereocenters. The molecule has 3 rings (SSSR count). The maximum atomic E-state index is 12.7. The Labute approximate surface area is 145 Å². The van der Waals surface area contributed by atoms with Gasteiger partial charge in [0.25, 0.3) is 5.91 Å². The van der Waals surface area contributed by atoms with Crippen LogP contribution in [0.4, 0.5) is 13.9 Å². The number of pyridine rings is 1. The fourth-order valence-electron chi connectivity index (χ4n) is 2.24. The molecule has 1 amide bonds. The monoisotopic (exact) mass is 362 g/mol. The number of carbonyl (C=O) groups excluding carboxylic acids is 1.